The van der Waals surface area contributed by atoms with Crippen LogP contribution >= 0.6 is 0 Å². The van der Waals surface area contributed by atoms with Crippen molar-refractivity contribution in [2.45, 2.75) is 41.5 Å². The SMILES string of the molecule is Cc1cncnc1-c1ccccc1.Cc1cncnc1-c1ccccn1.Cc1ncccc1-c1ccccc1.Cc1ncccc1-c1ccccn1.Cc1ncccc1-c1cccnc1.Cc1ncccc1-c1ccncc1. The van der Waals surface area contributed by atoms with Crippen LogP contribution in [0, 0.1) is 41.5 Å². The van der Waals surface area contributed by atoms with Gasteiger partial charge in [-0.3, -0.25) is 39.9 Å². The monoisotopic (exact) mass is 1020 g/mol. The Kier molecular flexibility index (Phi) is 21.5. The average molecular weight is 1020 g/mol. The second kappa shape index (κ2) is 30.2. The standard InChI is InChI=1S/C12H11N.4C11H10N2.C10H9N3/c1-10-12(8-5-9-13-10)11-6-3-2-4-7-11;1-9-11(5-3-7-13-9)10-4-2-6-12-8-10;1-9-11(3-2-6-13-9)10-4-7-12-8-5-10;1-9-10(5-4-8-12-9)11-6-2-3-7-13-11;1-9-7-12-8-13-11(9)10-5-3-2-4-6-10;1-8-6-11-7-13-10(8)9-4-2-3-5-12-9/h2-9H,1H3;4*2-8H,1H3;2-7H,1H3. The van der Waals surface area contributed by atoms with Gasteiger partial charge in [-0.1, -0.05) is 97.1 Å². The zero-order chi connectivity index (χ0) is 54.6. The first-order valence-electron chi connectivity index (χ1n) is 25.2. The van der Waals surface area contributed by atoms with Gasteiger partial charge in [0.2, 0.25) is 0 Å². The Hall–Kier alpha value is -10.2. The highest BCUT2D eigenvalue weighted by Gasteiger charge is 2.05. The summed E-state index contributed by atoms with van der Waals surface area (Å²) in [7, 11) is 0. The summed E-state index contributed by atoms with van der Waals surface area (Å²) in [6.07, 6.45) is 24.7. The van der Waals surface area contributed by atoms with E-state index in [1.807, 2.05) is 188 Å². The molecular weight excluding hydrogens is 961 g/mol. The molecule has 0 aliphatic rings. The molecule has 0 aliphatic heterocycles. The van der Waals surface area contributed by atoms with Crippen molar-refractivity contribution in [2.75, 3.05) is 0 Å². The van der Waals surface area contributed by atoms with Crippen LogP contribution in [0.5, 0.6) is 0 Å². The van der Waals surface area contributed by atoms with Gasteiger partial charge in [-0.05, 0) is 137 Å². The molecule has 0 fully saturated rings. The van der Waals surface area contributed by atoms with E-state index in [4.69, 9.17) is 0 Å². The maximum Gasteiger partial charge on any atom is 0.116 e. The van der Waals surface area contributed by atoms with Crippen molar-refractivity contribution in [1.29, 1.82) is 0 Å². The minimum absolute atomic E-state index is 0.891. The molecule has 12 nitrogen and oxygen atoms in total. The topological polar surface area (TPSA) is 155 Å². The van der Waals surface area contributed by atoms with Crippen LogP contribution < -0.4 is 0 Å². The van der Waals surface area contributed by atoms with E-state index in [1.54, 1.807) is 62.1 Å². The van der Waals surface area contributed by atoms with Crippen LogP contribution in [0.4, 0.5) is 0 Å². The van der Waals surface area contributed by atoms with Gasteiger partial charge in [-0.2, -0.15) is 0 Å². The summed E-state index contributed by atoms with van der Waals surface area (Å²) >= 11 is 0. The lowest BCUT2D eigenvalue weighted by atomic mass is 10.1. The minimum atomic E-state index is 0.891. The van der Waals surface area contributed by atoms with Crippen molar-refractivity contribution in [3.8, 4) is 67.3 Å². The zero-order valence-electron chi connectivity index (χ0n) is 44.6. The molecule has 0 N–H and O–H groups in total. The lowest BCUT2D eigenvalue weighted by molar-refractivity contribution is 1.12. The van der Waals surface area contributed by atoms with Crippen LogP contribution in [0.3, 0.4) is 0 Å². The summed E-state index contributed by atoms with van der Waals surface area (Å²) in [4.78, 5) is 49.8. The Balaban J connectivity index is 0.000000136. The first-order chi connectivity index (χ1) is 38.3. The summed E-state index contributed by atoms with van der Waals surface area (Å²) < 4.78 is 0. The molecule has 0 aliphatic carbocycles. The predicted molar refractivity (Wildman–Crippen MR) is 313 cm³/mol. The minimum Gasteiger partial charge on any atom is -0.265 e. The highest BCUT2D eigenvalue weighted by atomic mass is 14.8. The maximum absolute atomic E-state index is 4.27. The molecule has 0 amide bonds. The Morgan fingerprint density at radius 1 is 0.231 bits per heavy atom. The molecule has 0 radical (unpaired) electrons. The highest BCUT2D eigenvalue weighted by Crippen LogP contribution is 2.24. The summed E-state index contributed by atoms with van der Waals surface area (Å²) in [5, 5.41) is 0. The van der Waals surface area contributed by atoms with Crippen molar-refractivity contribution in [3.05, 3.63) is 291 Å². The van der Waals surface area contributed by atoms with E-state index in [-0.39, 0.29) is 0 Å². The van der Waals surface area contributed by atoms with Crippen molar-refractivity contribution >= 4 is 0 Å². The maximum atomic E-state index is 4.27. The van der Waals surface area contributed by atoms with Crippen LogP contribution in [-0.2, 0) is 0 Å². The van der Waals surface area contributed by atoms with Gasteiger partial charge in [-0.15, -0.1) is 0 Å². The summed E-state index contributed by atoms with van der Waals surface area (Å²) in [5.41, 5.74) is 19.4. The van der Waals surface area contributed by atoms with Gasteiger partial charge in [0, 0.05) is 131 Å². The first kappa shape index (κ1) is 55.5. The fourth-order valence-electron chi connectivity index (χ4n) is 7.78. The predicted octanol–water partition coefficient (Wildman–Crippen LogP) is 14.7. The van der Waals surface area contributed by atoms with E-state index < -0.39 is 0 Å². The van der Waals surface area contributed by atoms with Crippen LogP contribution in [0.1, 0.15) is 33.9 Å². The molecule has 10 aromatic heterocycles. The van der Waals surface area contributed by atoms with Crippen molar-refractivity contribution < 1.29 is 0 Å². The van der Waals surface area contributed by atoms with Crippen molar-refractivity contribution in [1.82, 2.24) is 59.8 Å². The molecule has 0 bridgehead atoms. The number of benzene rings is 2. The van der Waals surface area contributed by atoms with Gasteiger partial charge in [0.1, 0.15) is 12.7 Å². The quantitative estimate of drug-likeness (QED) is 0.156. The van der Waals surface area contributed by atoms with Crippen molar-refractivity contribution in [2.24, 2.45) is 0 Å². The van der Waals surface area contributed by atoms with Crippen LogP contribution in [0.25, 0.3) is 67.3 Å². The normalized spacial score (nSPS) is 9.92. The molecule has 12 heteroatoms. The fraction of sp³-hybridized carbons (Fsp3) is 0.0909. The molecule has 0 saturated heterocycles. The molecule has 78 heavy (non-hydrogen) atoms. The Morgan fingerprint density at radius 3 is 1.08 bits per heavy atom. The number of aromatic nitrogens is 12. The third-order valence-electron chi connectivity index (χ3n) is 11.8. The molecule has 10 heterocycles. The average Bonchev–Trinajstić information content (AvgIpc) is 3.50. The largest absolute Gasteiger partial charge is 0.265 e. The van der Waals surface area contributed by atoms with E-state index in [0.29, 0.717) is 0 Å². The second-order valence-corrected chi connectivity index (χ2v) is 17.3. The van der Waals surface area contributed by atoms with Gasteiger partial charge >= 0.3 is 0 Å². The number of nitrogens with zero attached hydrogens (tertiary/aromatic N) is 12. The number of hydrogen-bond donors (Lipinski definition) is 0. The van der Waals surface area contributed by atoms with E-state index in [1.165, 1.54) is 28.6 Å². The van der Waals surface area contributed by atoms with E-state index in [0.717, 1.165) is 78.9 Å². The van der Waals surface area contributed by atoms with E-state index in [2.05, 4.69) is 102 Å². The van der Waals surface area contributed by atoms with E-state index >= 15 is 0 Å². The molecule has 12 rings (SSSR count). The van der Waals surface area contributed by atoms with Gasteiger partial charge in [-0.25, -0.2) is 19.9 Å². The molecular formula is C66H60N12. The lowest BCUT2D eigenvalue weighted by Gasteiger charge is -2.03. The van der Waals surface area contributed by atoms with E-state index in [9.17, 15) is 0 Å². The van der Waals surface area contributed by atoms with Gasteiger partial charge in [0.15, 0.2) is 0 Å². The molecule has 0 spiro atoms. The van der Waals surface area contributed by atoms with Crippen LogP contribution in [0.15, 0.2) is 257 Å². The Labute approximate surface area is 457 Å². The third kappa shape index (κ3) is 16.9. The van der Waals surface area contributed by atoms with Crippen LogP contribution in [0.2, 0.25) is 0 Å². The molecule has 0 atom stereocenters. The first-order valence-corrected chi connectivity index (χ1v) is 25.2. The second-order valence-electron chi connectivity index (χ2n) is 17.3. The molecule has 12 aromatic rings. The smallest absolute Gasteiger partial charge is 0.116 e. The number of hydrogen-bond acceptors (Lipinski definition) is 12. The van der Waals surface area contributed by atoms with Gasteiger partial charge in [0.05, 0.1) is 22.8 Å². The summed E-state index contributed by atoms with van der Waals surface area (Å²) in [6, 6.07) is 56.1. The van der Waals surface area contributed by atoms with Gasteiger partial charge in [0.25, 0.3) is 0 Å². The highest BCUT2D eigenvalue weighted by molar-refractivity contribution is 5.67. The fourth-order valence-corrected chi connectivity index (χ4v) is 7.78. The molecule has 2 aromatic carbocycles. The number of rotatable bonds is 6. The van der Waals surface area contributed by atoms with Gasteiger partial charge < -0.3 is 0 Å². The number of aryl methyl sites for hydroxylation is 6. The Morgan fingerprint density at radius 2 is 0.628 bits per heavy atom. The number of pyridine rings is 8. The molecule has 0 unspecified atom stereocenters. The summed E-state index contributed by atoms with van der Waals surface area (Å²) in [5.74, 6) is 0. The van der Waals surface area contributed by atoms with Crippen molar-refractivity contribution in [3.63, 3.8) is 0 Å². The lowest BCUT2D eigenvalue weighted by Crippen LogP contribution is -1.90. The molecule has 0 saturated carbocycles. The third-order valence-corrected chi connectivity index (χ3v) is 11.8. The summed E-state index contributed by atoms with van der Waals surface area (Å²) in [6.45, 7) is 12.0. The van der Waals surface area contributed by atoms with Crippen LogP contribution in [-0.4, -0.2) is 59.8 Å². The Bertz CT molecular complexity index is 3000. The zero-order valence-corrected chi connectivity index (χ0v) is 44.6. The molecule has 384 valence electrons.